The first-order valence-corrected chi connectivity index (χ1v) is 14.0. The smallest absolute Gasteiger partial charge is 0.338 e. The molecule has 0 spiro atoms. The Morgan fingerprint density at radius 2 is 0.743 bits per heavy atom. The van der Waals surface area contributed by atoms with Crippen molar-refractivity contribution in [3.63, 3.8) is 0 Å². The highest BCUT2D eigenvalue weighted by molar-refractivity contribution is 5.95. The molecule has 0 aliphatic heterocycles. The van der Waals surface area contributed by atoms with Crippen LogP contribution in [-0.4, -0.2) is 43.9 Å². The predicted molar refractivity (Wildman–Crippen MR) is 139 cm³/mol. The van der Waals surface area contributed by atoms with Crippen molar-refractivity contribution in [3.05, 3.63) is 0 Å². The van der Waals surface area contributed by atoms with E-state index in [0.717, 1.165) is 38.5 Å². The molecular weight excluding hydrogens is 448 g/mol. The van der Waals surface area contributed by atoms with Gasteiger partial charge in [-0.25, -0.2) is 4.79 Å². The molecule has 206 valence electrons. The van der Waals surface area contributed by atoms with Crippen LogP contribution in [0.4, 0.5) is 0 Å². The van der Waals surface area contributed by atoms with E-state index < -0.39 is 34.3 Å². The molecule has 4 N–H and O–H groups in total. The quantitative estimate of drug-likeness (QED) is 0.111. The van der Waals surface area contributed by atoms with Crippen LogP contribution >= 0.6 is 0 Å². The Morgan fingerprint density at radius 3 is 0.971 bits per heavy atom. The Balaban J connectivity index is 6.88. The molecular formula is C28H52O7. The maximum atomic E-state index is 13.0. The number of carboxylic acid groups (broad SMARTS) is 3. The third kappa shape index (κ3) is 8.19. The minimum absolute atomic E-state index is 0.0482. The van der Waals surface area contributed by atoms with E-state index in [1.807, 2.05) is 27.7 Å². The Labute approximate surface area is 212 Å². The number of rotatable bonds is 23. The number of aliphatic carboxylic acids is 3. The molecule has 0 bridgehead atoms. The first kappa shape index (κ1) is 33.4. The number of carbonyl (C=O) groups is 3. The van der Waals surface area contributed by atoms with Crippen LogP contribution in [0.5, 0.6) is 0 Å². The predicted octanol–water partition coefficient (Wildman–Crippen LogP) is 7.05. The molecule has 7 nitrogen and oxygen atoms in total. The molecule has 0 aromatic heterocycles. The lowest BCUT2D eigenvalue weighted by Gasteiger charge is -2.51. The maximum Gasteiger partial charge on any atom is 0.338 e. The Bertz CT molecular complexity index is 621. The van der Waals surface area contributed by atoms with Crippen LogP contribution in [-0.2, 0) is 14.4 Å². The van der Waals surface area contributed by atoms with Crippen molar-refractivity contribution in [2.24, 2.45) is 10.8 Å². The van der Waals surface area contributed by atoms with Gasteiger partial charge in [-0.1, -0.05) is 118 Å². The molecule has 0 rings (SSSR count). The SMILES string of the molecule is CCCCCCC(CCCC)(C(=O)O)C(O)(C(=O)O)C(CCCCCC)(CCCCCC)C(=O)O. The monoisotopic (exact) mass is 500 g/mol. The Hall–Kier alpha value is -1.63. The maximum absolute atomic E-state index is 13.0. The number of hydrogen-bond donors (Lipinski definition) is 4. The second-order valence-electron chi connectivity index (χ2n) is 10.3. The molecule has 0 radical (unpaired) electrons. The topological polar surface area (TPSA) is 132 Å². The standard InChI is InChI=1S/C28H52O7/c1-5-9-13-16-20-26(23(29)30,19-12-8-4)28(35,25(33)34)27(24(31)32,21-17-14-10-6-2)22-18-15-11-7-3/h35H,5-22H2,1-4H3,(H,29,30)(H,31,32)(H,33,34). The summed E-state index contributed by atoms with van der Waals surface area (Å²) in [4.78, 5) is 38.9. The van der Waals surface area contributed by atoms with Gasteiger partial charge in [0.25, 0.3) is 0 Å². The van der Waals surface area contributed by atoms with E-state index >= 15 is 0 Å². The van der Waals surface area contributed by atoms with Crippen LogP contribution < -0.4 is 0 Å². The van der Waals surface area contributed by atoms with Gasteiger partial charge in [0.2, 0.25) is 0 Å². The number of aliphatic hydroxyl groups is 1. The molecule has 2 unspecified atom stereocenters. The van der Waals surface area contributed by atoms with Crippen LogP contribution in [0, 0.1) is 10.8 Å². The van der Waals surface area contributed by atoms with Crippen molar-refractivity contribution in [2.45, 2.75) is 149 Å². The summed E-state index contributed by atoms with van der Waals surface area (Å²) in [7, 11) is 0. The zero-order valence-electron chi connectivity index (χ0n) is 22.7. The zero-order valence-corrected chi connectivity index (χ0v) is 22.7. The number of carboxylic acids is 3. The molecule has 0 aliphatic carbocycles. The van der Waals surface area contributed by atoms with Crippen LogP contribution in [0.2, 0.25) is 0 Å². The Morgan fingerprint density at radius 1 is 0.457 bits per heavy atom. The van der Waals surface area contributed by atoms with Crippen LogP contribution in [0.25, 0.3) is 0 Å². The molecule has 7 heteroatoms. The largest absolute Gasteiger partial charge is 0.481 e. The second kappa shape index (κ2) is 16.9. The van der Waals surface area contributed by atoms with E-state index in [9.17, 15) is 34.8 Å². The molecule has 0 saturated carbocycles. The third-order valence-electron chi connectivity index (χ3n) is 7.84. The van der Waals surface area contributed by atoms with Gasteiger partial charge in [0, 0.05) is 0 Å². The molecule has 2 atom stereocenters. The summed E-state index contributed by atoms with van der Waals surface area (Å²) in [5.41, 5.74) is -7.06. The van der Waals surface area contributed by atoms with Gasteiger partial charge in [0.15, 0.2) is 5.60 Å². The highest BCUT2D eigenvalue weighted by atomic mass is 16.4. The zero-order chi connectivity index (χ0) is 27.0. The van der Waals surface area contributed by atoms with Gasteiger partial charge in [0.1, 0.15) is 10.8 Å². The van der Waals surface area contributed by atoms with E-state index in [1.165, 1.54) is 0 Å². The van der Waals surface area contributed by atoms with Gasteiger partial charge in [-0.15, -0.1) is 0 Å². The Kier molecular flexibility index (Phi) is 16.1. The second-order valence-corrected chi connectivity index (χ2v) is 10.3. The summed E-state index contributed by atoms with van der Waals surface area (Å²) in [5.74, 6) is -4.52. The number of hydrogen-bond acceptors (Lipinski definition) is 4. The van der Waals surface area contributed by atoms with Gasteiger partial charge in [-0.05, 0) is 25.7 Å². The molecule has 0 heterocycles. The van der Waals surface area contributed by atoms with E-state index in [0.29, 0.717) is 51.4 Å². The van der Waals surface area contributed by atoms with Gasteiger partial charge < -0.3 is 20.4 Å². The van der Waals surface area contributed by atoms with Crippen molar-refractivity contribution in [1.29, 1.82) is 0 Å². The summed E-state index contributed by atoms with van der Waals surface area (Å²) in [6, 6.07) is 0. The summed E-state index contributed by atoms with van der Waals surface area (Å²) in [5, 5.41) is 43.8. The molecule has 0 aromatic carbocycles. The normalized spacial score (nSPS) is 15.3. The van der Waals surface area contributed by atoms with Crippen LogP contribution in [0.3, 0.4) is 0 Å². The molecule has 0 amide bonds. The first-order chi connectivity index (χ1) is 16.6. The van der Waals surface area contributed by atoms with Gasteiger partial charge >= 0.3 is 17.9 Å². The van der Waals surface area contributed by atoms with E-state index in [1.54, 1.807) is 0 Å². The summed E-state index contributed by atoms with van der Waals surface area (Å²) in [6.45, 7) is 7.96. The lowest BCUT2D eigenvalue weighted by atomic mass is 9.52. The van der Waals surface area contributed by atoms with E-state index in [4.69, 9.17) is 0 Å². The van der Waals surface area contributed by atoms with Gasteiger partial charge in [0.05, 0.1) is 0 Å². The van der Waals surface area contributed by atoms with Crippen molar-refractivity contribution in [2.75, 3.05) is 0 Å². The van der Waals surface area contributed by atoms with Crippen LogP contribution in [0.15, 0.2) is 0 Å². The van der Waals surface area contributed by atoms with Crippen molar-refractivity contribution in [1.82, 2.24) is 0 Å². The minimum atomic E-state index is -2.92. The summed E-state index contributed by atoms with van der Waals surface area (Å²) < 4.78 is 0. The lowest BCUT2D eigenvalue weighted by molar-refractivity contribution is -0.227. The molecule has 0 saturated heterocycles. The van der Waals surface area contributed by atoms with Gasteiger partial charge in [-0.3, -0.25) is 9.59 Å². The van der Waals surface area contributed by atoms with Crippen molar-refractivity contribution < 1.29 is 34.8 Å². The lowest BCUT2D eigenvalue weighted by Crippen LogP contribution is -2.69. The highest BCUT2D eigenvalue weighted by Gasteiger charge is 2.72. The van der Waals surface area contributed by atoms with Gasteiger partial charge in [-0.2, -0.15) is 0 Å². The summed E-state index contributed by atoms with van der Waals surface area (Å²) in [6.07, 6.45) is 9.61. The highest BCUT2D eigenvalue weighted by Crippen LogP contribution is 2.55. The fourth-order valence-corrected chi connectivity index (χ4v) is 5.62. The average Bonchev–Trinajstić information content (AvgIpc) is 2.81. The first-order valence-electron chi connectivity index (χ1n) is 14.0. The van der Waals surface area contributed by atoms with Crippen molar-refractivity contribution in [3.8, 4) is 0 Å². The number of unbranched alkanes of at least 4 members (excludes halogenated alkanes) is 10. The molecule has 0 aromatic rings. The van der Waals surface area contributed by atoms with E-state index in [-0.39, 0.29) is 25.7 Å². The fraction of sp³-hybridized carbons (Fsp3) is 0.893. The van der Waals surface area contributed by atoms with Crippen molar-refractivity contribution >= 4 is 17.9 Å². The van der Waals surface area contributed by atoms with E-state index in [2.05, 4.69) is 0 Å². The fourth-order valence-electron chi connectivity index (χ4n) is 5.62. The molecule has 0 fully saturated rings. The summed E-state index contributed by atoms with van der Waals surface area (Å²) >= 11 is 0. The average molecular weight is 501 g/mol. The third-order valence-corrected chi connectivity index (χ3v) is 7.84. The molecule has 0 aliphatic rings. The molecule has 35 heavy (non-hydrogen) atoms. The minimum Gasteiger partial charge on any atom is -0.481 e. The van der Waals surface area contributed by atoms with Crippen LogP contribution in [0.1, 0.15) is 143 Å².